The topological polar surface area (TPSA) is 148 Å². The molecule has 1 aromatic heterocycles. The Bertz CT molecular complexity index is 1650. The number of alkyl carbamates (subject to hydrolysis) is 1. The highest BCUT2D eigenvalue weighted by Gasteiger charge is 2.21. The zero-order chi connectivity index (χ0) is 34.2. The van der Waals surface area contributed by atoms with Gasteiger partial charge in [0.25, 0.3) is 5.91 Å². The van der Waals surface area contributed by atoms with Gasteiger partial charge >= 0.3 is 12.2 Å². The predicted molar refractivity (Wildman–Crippen MR) is 184 cm³/mol. The van der Waals surface area contributed by atoms with Gasteiger partial charge in [0.15, 0.2) is 0 Å². The lowest BCUT2D eigenvalue weighted by molar-refractivity contribution is 0.0560. The summed E-state index contributed by atoms with van der Waals surface area (Å²) in [6.07, 6.45) is 4.23. The number of hydrogen-bond donors (Lipinski definition) is 4. The summed E-state index contributed by atoms with van der Waals surface area (Å²) in [7, 11) is 0. The molecule has 0 aliphatic carbocycles. The van der Waals surface area contributed by atoms with Crippen LogP contribution in [0.25, 0.3) is 5.57 Å². The first kappa shape index (κ1) is 37.6. The molecule has 4 N–H and O–H groups in total. The van der Waals surface area contributed by atoms with Gasteiger partial charge in [0.2, 0.25) is 5.96 Å². The zero-order valence-electron chi connectivity index (χ0n) is 27.6. The van der Waals surface area contributed by atoms with E-state index in [1.54, 1.807) is 59.7 Å². The molecule has 0 radical (unpaired) electrons. The van der Waals surface area contributed by atoms with Crippen LogP contribution in [0.2, 0.25) is 0 Å². The summed E-state index contributed by atoms with van der Waals surface area (Å²) in [6.45, 7) is 13.6. The monoisotopic (exact) mass is 663 g/mol. The normalized spacial score (nSPS) is 14.3. The molecule has 3 aromatic rings. The van der Waals surface area contributed by atoms with Crippen LogP contribution in [-0.4, -0.2) is 58.1 Å². The molecule has 12 nitrogen and oxygen atoms in total. The van der Waals surface area contributed by atoms with Crippen LogP contribution in [0, 0.1) is 5.82 Å². The van der Waals surface area contributed by atoms with Crippen molar-refractivity contribution >= 4 is 35.3 Å². The fourth-order valence-corrected chi connectivity index (χ4v) is 4.66. The van der Waals surface area contributed by atoms with Crippen LogP contribution in [0.1, 0.15) is 82.4 Å². The summed E-state index contributed by atoms with van der Waals surface area (Å²) < 4.78 is 25.9. The van der Waals surface area contributed by atoms with E-state index in [0.717, 1.165) is 43.9 Å². The van der Waals surface area contributed by atoms with Crippen LogP contribution >= 0.6 is 0 Å². The maximum absolute atomic E-state index is 14.5. The summed E-state index contributed by atoms with van der Waals surface area (Å²) in [5, 5.41) is 15.6. The number of hydrogen-bond acceptors (Lipinski definition) is 8. The Labute approximate surface area is 281 Å². The molecule has 2 aromatic carbocycles. The average Bonchev–Trinajstić information content (AvgIpc) is 3.68. The van der Waals surface area contributed by atoms with Gasteiger partial charge in [0, 0.05) is 48.8 Å². The van der Waals surface area contributed by atoms with Gasteiger partial charge in [-0.05, 0) is 102 Å². The van der Waals surface area contributed by atoms with Gasteiger partial charge in [0.1, 0.15) is 17.0 Å². The third-order valence-corrected chi connectivity index (χ3v) is 6.66. The van der Waals surface area contributed by atoms with Gasteiger partial charge in [-0.3, -0.25) is 10.1 Å². The molecule has 2 aliphatic rings. The van der Waals surface area contributed by atoms with Crippen molar-refractivity contribution in [1.29, 1.82) is 0 Å². The molecule has 48 heavy (non-hydrogen) atoms. The van der Waals surface area contributed by atoms with E-state index in [1.165, 1.54) is 34.3 Å². The maximum Gasteiger partial charge on any atom is 0.437 e. The predicted octanol–water partition coefficient (Wildman–Crippen LogP) is 6.24. The van der Waals surface area contributed by atoms with E-state index in [1.807, 2.05) is 24.3 Å². The molecule has 0 spiro atoms. The maximum atomic E-state index is 14.5. The first-order chi connectivity index (χ1) is 22.2. The Balaban J connectivity index is 0.000000258. The number of carbonyl (C=O) groups is 3. The molecule has 0 atom stereocenters. The van der Waals surface area contributed by atoms with Crippen molar-refractivity contribution in [2.45, 2.75) is 79.7 Å². The van der Waals surface area contributed by atoms with Crippen LogP contribution in [0.5, 0.6) is 0 Å². The summed E-state index contributed by atoms with van der Waals surface area (Å²) in [6, 6.07) is 12.2. The van der Waals surface area contributed by atoms with E-state index in [4.69, 9.17) is 9.47 Å². The smallest absolute Gasteiger partial charge is 0.437 e. The first-order valence-corrected chi connectivity index (χ1v) is 15.3. The molecule has 13 heteroatoms. The fourth-order valence-electron chi connectivity index (χ4n) is 4.66. The van der Waals surface area contributed by atoms with Gasteiger partial charge in [-0.25, -0.2) is 18.7 Å². The number of aromatic nitrogens is 2. The second kappa shape index (κ2) is 16.3. The number of aliphatic imine (C=N–C) groups is 1. The number of halogens is 1. The van der Waals surface area contributed by atoms with Crippen LogP contribution in [0.4, 0.5) is 19.7 Å². The molecule has 2 aliphatic heterocycles. The number of nitrogens with zero attached hydrogens (tertiary/aromatic N) is 3. The highest BCUT2D eigenvalue weighted by Crippen LogP contribution is 2.25. The molecule has 0 saturated carbocycles. The third-order valence-electron chi connectivity index (χ3n) is 6.66. The van der Waals surface area contributed by atoms with Crippen molar-refractivity contribution in [2.24, 2.45) is 4.99 Å². The Morgan fingerprint density at radius 3 is 2.31 bits per heavy atom. The SMILES string of the molecule is C.CC(C)(C)OC(=O)/N=C(/NC(=O)OC(C)(C)C)n1cccn1.O=C(Nc1ccc2c(c1)CNC2)c1ccc(C2=CCNCC2)c(F)c1. The highest BCUT2D eigenvalue weighted by molar-refractivity contribution is 6.04. The lowest BCUT2D eigenvalue weighted by Gasteiger charge is -2.20. The first-order valence-electron chi connectivity index (χ1n) is 15.3. The van der Waals surface area contributed by atoms with Gasteiger partial charge in [-0.1, -0.05) is 25.6 Å². The second-order valence-electron chi connectivity index (χ2n) is 12.9. The molecular formula is C35H46FN7O5. The number of ether oxygens (including phenoxy) is 2. The van der Waals surface area contributed by atoms with Crippen molar-refractivity contribution in [1.82, 2.24) is 25.7 Å². The number of rotatable bonds is 3. The summed E-state index contributed by atoms with van der Waals surface area (Å²) in [5.41, 5.74) is 3.72. The number of benzene rings is 2. The summed E-state index contributed by atoms with van der Waals surface area (Å²) in [5.74, 6) is -0.747. The summed E-state index contributed by atoms with van der Waals surface area (Å²) in [4.78, 5) is 39.8. The van der Waals surface area contributed by atoms with Crippen LogP contribution < -0.4 is 21.3 Å². The van der Waals surface area contributed by atoms with Crippen molar-refractivity contribution in [3.05, 3.63) is 89.0 Å². The molecule has 258 valence electrons. The quantitative estimate of drug-likeness (QED) is 0.190. The fraction of sp³-hybridized carbons (Fsp3) is 0.400. The molecular weight excluding hydrogens is 617 g/mol. The summed E-state index contributed by atoms with van der Waals surface area (Å²) >= 11 is 0. The van der Waals surface area contributed by atoms with Gasteiger partial charge in [-0.2, -0.15) is 5.10 Å². The molecule has 5 rings (SSSR count). The van der Waals surface area contributed by atoms with Crippen molar-refractivity contribution in [3.8, 4) is 0 Å². The Hall–Kier alpha value is -4.88. The van der Waals surface area contributed by atoms with Crippen molar-refractivity contribution < 1.29 is 28.2 Å². The molecule has 3 amide bonds. The minimum absolute atomic E-state index is 0. The van der Waals surface area contributed by atoms with E-state index in [0.29, 0.717) is 11.1 Å². The zero-order valence-corrected chi connectivity index (χ0v) is 27.6. The van der Waals surface area contributed by atoms with Gasteiger partial charge in [0.05, 0.1) is 0 Å². The molecule has 0 unspecified atom stereocenters. The van der Waals surface area contributed by atoms with E-state index in [-0.39, 0.29) is 25.1 Å². The van der Waals surface area contributed by atoms with E-state index in [2.05, 4.69) is 31.4 Å². The Morgan fingerprint density at radius 1 is 0.958 bits per heavy atom. The number of carbonyl (C=O) groups excluding carboxylic acids is 3. The minimum Gasteiger partial charge on any atom is -0.444 e. The van der Waals surface area contributed by atoms with Crippen molar-refractivity contribution in [3.63, 3.8) is 0 Å². The van der Waals surface area contributed by atoms with E-state index in [9.17, 15) is 18.8 Å². The van der Waals surface area contributed by atoms with Gasteiger partial charge < -0.3 is 25.4 Å². The van der Waals surface area contributed by atoms with E-state index >= 15 is 0 Å². The molecule has 0 bridgehead atoms. The second-order valence-corrected chi connectivity index (χ2v) is 12.9. The third kappa shape index (κ3) is 11.4. The molecule has 0 saturated heterocycles. The van der Waals surface area contributed by atoms with Crippen LogP contribution in [0.3, 0.4) is 0 Å². The number of amides is 3. The van der Waals surface area contributed by atoms with E-state index < -0.39 is 23.4 Å². The Kier molecular flexibility index (Phi) is 12.8. The van der Waals surface area contributed by atoms with Crippen LogP contribution in [-0.2, 0) is 22.6 Å². The molecule has 0 fully saturated rings. The average molecular weight is 664 g/mol. The minimum atomic E-state index is -0.839. The number of nitrogens with one attached hydrogen (secondary N) is 4. The number of fused-ring (bicyclic) bond motifs is 1. The van der Waals surface area contributed by atoms with Crippen LogP contribution in [0.15, 0.2) is 65.9 Å². The molecule has 3 heterocycles. The largest absolute Gasteiger partial charge is 0.444 e. The Morgan fingerprint density at radius 2 is 1.69 bits per heavy atom. The highest BCUT2D eigenvalue weighted by atomic mass is 19.1. The number of anilines is 1. The lowest BCUT2D eigenvalue weighted by atomic mass is 9.98. The lowest BCUT2D eigenvalue weighted by Crippen LogP contribution is -2.40. The van der Waals surface area contributed by atoms with Gasteiger partial charge in [-0.15, -0.1) is 4.99 Å². The standard InChI is InChI=1S/C20H20FN3O.C14H22N4O4.CH4/c21-19-10-14(2-4-18(19)13-5-7-22-8-6-13)20(25)24-17-3-1-15-11-23-12-16(15)9-17;1-13(2,3)21-11(19)16-10(18-9-7-8-15-18)17-12(20)22-14(4,5)6;/h1-5,9-10,22-23H,6-8,11-12H2,(H,24,25);7-9H,1-6H3,(H,16,17,19,20);1H4. The van der Waals surface area contributed by atoms with Crippen molar-refractivity contribution in [2.75, 3.05) is 18.4 Å².